The summed E-state index contributed by atoms with van der Waals surface area (Å²) in [7, 11) is 0. The van der Waals surface area contributed by atoms with Gasteiger partial charge in [0.15, 0.2) is 0 Å². The van der Waals surface area contributed by atoms with E-state index in [1.807, 2.05) is 43.3 Å². The molecule has 5 heteroatoms. The lowest BCUT2D eigenvalue weighted by molar-refractivity contribution is -0.119. The molecule has 0 spiro atoms. The normalized spacial score (nSPS) is 12.2. The van der Waals surface area contributed by atoms with Gasteiger partial charge in [-0.25, -0.2) is 4.98 Å². The highest BCUT2D eigenvalue weighted by atomic mass is 16.5. The van der Waals surface area contributed by atoms with Crippen molar-refractivity contribution in [1.29, 1.82) is 0 Å². The fraction of sp³-hybridized carbons (Fsp3) is 0.333. The first-order chi connectivity index (χ1) is 12.5. The van der Waals surface area contributed by atoms with Gasteiger partial charge in [-0.2, -0.15) is 0 Å². The molecule has 1 atom stereocenters. The summed E-state index contributed by atoms with van der Waals surface area (Å²) >= 11 is 0. The minimum atomic E-state index is -0.166. The Kier molecular flexibility index (Phi) is 5.26. The largest absolute Gasteiger partial charge is 0.491 e. The standard InChI is InChI=1S/C21H25N3O2/c1-14-8-7-11-20(15(14)2)26-13-12-24-19-10-6-5-9-18(19)23-21(24)16(3)22-17(4)25/h5-11,16H,12-13H2,1-4H3,(H,22,25). The minimum absolute atomic E-state index is 0.0669. The van der Waals surface area contributed by atoms with Gasteiger partial charge in [0.1, 0.15) is 18.2 Å². The van der Waals surface area contributed by atoms with Crippen LogP contribution in [0.4, 0.5) is 0 Å². The number of carbonyl (C=O) groups is 1. The van der Waals surface area contributed by atoms with E-state index in [1.165, 1.54) is 12.5 Å². The number of carbonyl (C=O) groups excluding carboxylic acids is 1. The first-order valence-corrected chi connectivity index (χ1v) is 8.88. The third-order valence-electron chi connectivity index (χ3n) is 4.62. The van der Waals surface area contributed by atoms with Gasteiger partial charge in [-0.1, -0.05) is 24.3 Å². The topological polar surface area (TPSA) is 56.2 Å². The van der Waals surface area contributed by atoms with Gasteiger partial charge in [0.2, 0.25) is 5.91 Å². The highest BCUT2D eigenvalue weighted by Crippen LogP contribution is 2.23. The van der Waals surface area contributed by atoms with Gasteiger partial charge >= 0.3 is 0 Å². The van der Waals surface area contributed by atoms with E-state index in [1.54, 1.807) is 0 Å². The number of rotatable bonds is 6. The predicted octanol–water partition coefficient (Wildman–Crippen LogP) is 3.93. The van der Waals surface area contributed by atoms with Crippen LogP contribution in [0.2, 0.25) is 0 Å². The summed E-state index contributed by atoms with van der Waals surface area (Å²) in [4.78, 5) is 16.2. The SMILES string of the molecule is CC(=O)NC(C)c1nc2ccccc2n1CCOc1cccc(C)c1C. The average molecular weight is 351 g/mol. The van der Waals surface area contributed by atoms with Crippen molar-refractivity contribution in [3.05, 3.63) is 59.4 Å². The number of para-hydroxylation sites is 2. The second-order valence-electron chi connectivity index (χ2n) is 6.58. The van der Waals surface area contributed by atoms with Crippen LogP contribution < -0.4 is 10.1 Å². The van der Waals surface area contributed by atoms with Crippen LogP contribution >= 0.6 is 0 Å². The molecule has 0 bridgehead atoms. The van der Waals surface area contributed by atoms with Crippen molar-refractivity contribution in [2.75, 3.05) is 6.61 Å². The van der Waals surface area contributed by atoms with Gasteiger partial charge in [-0.05, 0) is 50.1 Å². The lowest BCUT2D eigenvalue weighted by Crippen LogP contribution is -2.27. The summed E-state index contributed by atoms with van der Waals surface area (Å²) in [5.74, 6) is 1.68. The predicted molar refractivity (Wildman–Crippen MR) is 103 cm³/mol. The molecule has 26 heavy (non-hydrogen) atoms. The minimum Gasteiger partial charge on any atom is -0.491 e. The molecular weight excluding hydrogens is 326 g/mol. The van der Waals surface area contributed by atoms with Crippen molar-refractivity contribution in [2.45, 2.75) is 40.3 Å². The Morgan fingerprint density at radius 2 is 1.96 bits per heavy atom. The molecule has 0 radical (unpaired) electrons. The molecule has 3 rings (SSSR count). The number of ether oxygens (including phenoxy) is 1. The molecule has 5 nitrogen and oxygen atoms in total. The summed E-state index contributed by atoms with van der Waals surface area (Å²) in [6.45, 7) is 8.82. The van der Waals surface area contributed by atoms with Crippen molar-refractivity contribution < 1.29 is 9.53 Å². The number of hydrogen-bond acceptors (Lipinski definition) is 3. The van der Waals surface area contributed by atoms with Crippen LogP contribution in [-0.4, -0.2) is 22.1 Å². The highest BCUT2D eigenvalue weighted by molar-refractivity contribution is 5.77. The Hall–Kier alpha value is -2.82. The Morgan fingerprint density at radius 3 is 2.73 bits per heavy atom. The van der Waals surface area contributed by atoms with E-state index in [0.29, 0.717) is 13.2 Å². The van der Waals surface area contributed by atoms with Crippen LogP contribution in [0.3, 0.4) is 0 Å². The third-order valence-corrected chi connectivity index (χ3v) is 4.62. The molecule has 1 unspecified atom stereocenters. The maximum atomic E-state index is 11.4. The number of aromatic nitrogens is 2. The highest BCUT2D eigenvalue weighted by Gasteiger charge is 2.17. The zero-order valence-corrected chi connectivity index (χ0v) is 15.7. The molecule has 0 aliphatic carbocycles. The number of nitrogens with one attached hydrogen (secondary N) is 1. The fourth-order valence-corrected chi connectivity index (χ4v) is 3.16. The maximum absolute atomic E-state index is 11.4. The van der Waals surface area contributed by atoms with Gasteiger partial charge in [-0.15, -0.1) is 0 Å². The Balaban J connectivity index is 1.83. The molecule has 1 aromatic heterocycles. The number of aryl methyl sites for hydroxylation is 1. The number of nitrogens with zero attached hydrogens (tertiary/aromatic N) is 2. The summed E-state index contributed by atoms with van der Waals surface area (Å²) in [5, 5.41) is 2.92. The quantitative estimate of drug-likeness (QED) is 0.732. The zero-order valence-electron chi connectivity index (χ0n) is 15.7. The van der Waals surface area contributed by atoms with Crippen LogP contribution in [0.15, 0.2) is 42.5 Å². The van der Waals surface area contributed by atoms with Crippen molar-refractivity contribution in [1.82, 2.24) is 14.9 Å². The lowest BCUT2D eigenvalue weighted by atomic mass is 10.1. The van der Waals surface area contributed by atoms with Gasteiger partial charge in [-0.3, -0.25) is 4.79 Å². The molecule has 0 aliphatic heterocycles. The van der Waals surface area contributed by atoms with E-state index < -0.39 is 0 Å². The van der Waals surface area contributed by atoms with Gasteiger partial charge in [0.05, 0.1) is 23.6 Å². The second-order valence-corrected chi connectivity index (χ2v) is 6.58. The summed E-state index contributed by atoms with van der Waals surface area (Å²) in [6, 6.07) is 13.9. The molecule has 3 aromatic rings. The molecule has 1 heterocycles. The van der Waals surface area contributed by atoms with E-state index in [-0.39, 0.29) is 11.9 Å². The first-order valence-electron chi connectivity index (χ1n) is 8.88. The average Bonchev–Trinajstić information content (AvgIpc) is 2.97. The molecule has 2 aromatic carbocycles. The molecule has 0 fully saturated rings. The van der Waals surface area contributed by atoms with E-state index in [2.05, 4.69) is 29.8 Å². The van der Waals surface area contributed by atoms with Crippen LogP contribution in [0.5, 0.6) is 5.75 Å². The second kappa shape index (κ2) is 7.60. The number of hydrogen-bond donors (Lipinski definition) is 1. The van der Waals surface area contributed by atoms with Gasteiger partial charge < -0.3 is 14.6 Å². The van der Waals surface area contributed by atoms with Crippen LogP contribution in [0.1, 0.15) is 36.8 Å². The van der Waals surface area contributed by atoms with Crippen LogP contribution in [0.25, 0.3) is 11.0 Å². The molecular formula is C21H25N3O2. The Labute approximate surface area is 154 Å². The Bertz CT molecular complexity index is 930. The first kappa shape index (κ1) is 18.0. The van der Waals surface area contributed by atoms with Crippen molar-refractivity contribution in [2.24, 2.45) is 0 Å². The molecule has 0 saturated carbocycles. The van der Waals surface area contributed by atoms with Crippen molar-refractivity contribution in [3.8, 4) is 5.75 Å². The molecule has 0 saturated heterocycles. The fourth-order valence-electron chi connectivity index (χ4n) is 3.16. The van der Waals surface area contributed by atoms with Crippen molar-refractivity contribution in [3.63, 3.8) is 0 Å². The lowest BCUT2D eigenvalue weighted by Gasteiger charge is -2.16. The molecule has 0 aliphatic rings. The zero-order chi connectivity index (χ0) is 18.7. The van der Waals surface area contributed by atoms with Crippen LogP contribution in [-0.2, 0) is 11.3 Å². The number of imidazole rings is 1. The third kappa shape index (κ3) is 3.72. The Morgan fingerprint density at radius 1 is 1.19 bits per heavy atom. The van der Waals surface area contributed by atoms with E-state index >= 15 is 0 Å². The molecule has 1 amide bonds. The molecule has 136 valence electrons. The maximum Gasteiger partial charge on any atom is 0.217 e. The summed E-state index contributed by atoms with van der Waals surface area (Å²) < 4.78 is 8.15. The number of fused-ring (bicyclic) bond motifs is 1. The van der Waals surface area contributed by atoms with Gasteiger partial charge in [0, 0.05) is 6.92 Å². The van der Waals surface area contributed by atoms with E-state index in [0.717, 1.165) is 28.2 Å². The van der Waals surface area contributed by atoms with E-state index in [4.69, 9.17) is 9.72 Å². The summed E-state index contributed by atoms with van der Waals surface area (Å²) in [5.41, 5.74) is 4.35. The number of benzene rings is 2. The van der Waals surface area contributed by atoms with E-state index in [9.17, 15) is 4.79 Å². The summed E-state index contributed by atoms with van der Waals surface area (Å²) in [6.07, 6.45) is 0. The van der Waals surface area contributed by atoms with Crippen LogP contribution in [0, 0.1) is 13.8 Å². The smallest absolute Gasteiger partial charge is 0.217 e. The van der Waals surface area contributed by atoms with Gasteiger partial charge in [0.25, 0.3) is 0 Å². The number of amides is 1. The monoisotopic (exact) mass is 351 g/mol. The molecule has 1 N–H and O–H groups in total. The van der Waals surface area contributed by atoms with Crippen molar-refractivity contribution >= 4 is 16.9 Å².